The average Bonchev–Trinajstić information content (AvgIpc) is 3.52. The van der Waals surface area contributed by atoms with Crippen molar-refractivity contribution in [2.24, 2.45) is 0 Å². The lowest BCUT2D eigenvalue weighted by atomic mass is 9.78. The molecule has 0 amide bonds. The molecule has 2 aromatic heterocycles. The molecule has 0 N–H and O–H groups in total. The molecule has 2 heterocycles. The molecule has 2 bridgehead atoms. The lowest BCUT2D eigenvalue weighted by molar-refractivity contribution is 0.797. The number of pyridine rings is 2. The maximum atomic E-state index is 5.34. The van der Waals surface area contributed by atoms with Gasteiger partial charge in [0.15, 0.2) is 0 Å². The molecule has 3 aromatic carbocycles. The van der Waals surface area contributed by atoms with E-state index in [2.05, 4.69) is 111 Å². The van der Waals surface area contributed by atoms with Gasteiger partial charge in [-0.15, -0.1) is 0 Å². The highest BCUT2D eigenvalue weighted by molar-refractivity contribution is 5.93. The number of hydrogen-bond acceptors (Lipinski definition) is 2. The molecule has 36 heavy (non-hydrogen) atoms. The molecule has 0 spiro atoms. The summed E-state index contributed by atoms with van der Waals surface area (Å²) in [6.45, 7) is 4.34. The number of benzene rings is 3. The van der Waals surface area contributed by atoms with Crippen LogP contribution in [0.4, 0.5) is 0 Å². The Morgan fingerprint density at radius 1 is 0.694 bits per heavy atom. The average molecular weight is 465 g/mol. The maximum Gasteiger partial charge on any atom is 0.0750 e. The molecule has 0 saturated heterocycles. The summed E-state index contributed by atoms with van der Waals surface area (Å²) < 4.78 is 0. The fourth-order valence-corrected chi connectivity index (χ4v) is 6.64. The molecule has 2 nitrogen and oxygen atoms in total. The Labute approximate surface area is 212 Å². The second-order valence-corrected chi connectivity index (χ2v) is 9.88. The first-order valence-electron chi connectivity index (χ1n) is 13.0. The summed E-state index contributed by atoms with van der Waals surface area (Å²) in [6.07, 6.45) is 6.47. The number of para-hydroxylation sites is 1. The van der Waals surface area contributed by atoms with Crippen molar-refractivity contribution in [1.82, 2.24) is 9.97 Å². The van der Waals surface area contributed by atoms with Crippen molar-refractivity contribution >= 4 is 17.0 Å². The van der Waals surface area contributed by atoms with E-state index in [9.17, 15) is 0 Å². The summed E-state index contributed by atoms with van der Waals surface area (Å²) in [7, 11) is 0. The van der Waals surface area contributed by atoms with Gasteiger partial charge < -0.3 is 0 Å². The Kier molecular flexibility index (Phi) is 4.89. The highest BCUT2D eigenvalue weighted by atomic mass is 14.8. The van der Waals surface area contributed by atoms with Gasteiger partial charge in [0.1, 0.15) is 0 Å². The summed E-state index contributed by atoms with van der Waals surface area (Å²) in [5.74, 6) is 0.655. The molecule has 5 aromatic rings. The van der Waals surface area contributed by atoms with Crippen molar-refractivity contribution in [1.29, 1.82) is 0 Å². The molecule has 0 radical (unpaired) electrons. The molecule has 2 heteroatoms. The van der Waals surface area contributed by atoms with Crippen molar-refractivity contribution in [2.75, 3.05) is 0 Å². The van der Waals surface area contributed by atoms with Crippen molar-refractivity contribution in [2.45, 2.75) is 38.5 Å². The highest BCUT2D eigenvalue weighted by Gasteiger charge is 2.47. The predicted molar refractivity (Wildman–Crippen MR) is 149 cm³/mol. The molecule has 2 aliphatic carbocycles. The van der Waals surface area contributed by atoms with Gasteiger partial charge in [-0.05, 0) is 53.6 Å². The van der Waals surface area contributed by atoms with E-state index in [0.29, 0.717) is 11.8 Å². The molecule has 0 aliphatic heterocycles. The Morgan fingerprint density at radius 2 is 1.28 bits per heavy atom. The Balaban J connectivity index is 1.59. The fourth-order valence-electron chi connectivity index (χ4n) is 6.64. The minimum atomic E-state index is 0.327. The fraction of sp³-hybridized carbons (Fsp3) is 0.176. The van der Waals surface area contributed by atoms with Crippen LogP contribution in [-0.2, 0) is 6.42 Å². The monoisotopic (exact) mass is 464 g/mol. The molecular formula is C34H28N2. The van der Waals surface area contributed by atoms with E-state index in [0.717, 1.165) is 29.7 Å². The number of allylic oxidation sites excluding steroid dienone is 1. The van der Waals surface area contributed by atoms with E-state index in [-0.39, 0.29) is 0 Å². The zero-order valence-electron chi connectivity index (χ0n) is 20.7. The minimum Gasteiger partial charge on any atom is -0.252 e. The second kappa shape index (κ2) is 8.27. The van der Waals surface area contributed by atoms with Crippen molar-refractivity contribution in [3.8, 4) is 22.5 Å². The summed E-state index contributed by atoms with van der Waals surface area (Å²) in [4.78, 5) is 10.6. The molecule has 174 valence electrons. The van der Waals surface area contributed by atoms with E-state index in [1.807, 2.05) is 0 Å². The van der Waals surface area contributed by atoms with Crippen LogP contribution in [-0.4, -0.2) is 9.97 Å². The van der Waals surface area contributed by atoms with Crippen molar-refractivity contribution in [3.05, 3.63) is 125 Å². The van der Waals surface area contributed by atoms with Crippen LogP contribution >= 0.6 is 0 Å². The third-order valence-corrected chi connectivity index (χ3v) is 7.99. The Morgan fingerprint density at radius 3 is 1.94 bits per heavy atom. The van der Waals surface area contributed by atoms with Crippen LogP contribution in [0.25, 0.3) is 39.5 Å². The Hall–Kier alpha value is -4.04. The van der Waals surface area contributed by atoms with Crippen LogP contribution in [0.5, 0.6) is 0 Å². The van der Waals surface area contributed by atoms with Gasteiger partial charge in [0, 0.05) is 34.0 Å². The van der Waals surface area contributed by atoms with Gasteiger partial charge in [0.25, 0.3) is 0 Å². The smallest absolute Gasteiger partial charge is 0.0750 e. The number of fused-ring (bicyclic) bond motifs is 10. The van der Waals surface area contributed by atoms with Crippen molar-refractivity contribution in [3.63, 3.8) is 0 Å². The molecule has 2 aliphatic rings. The van der Waals surface area contributed by atoms with Gasteiger partial charge in [-0.2, -0.15) is 0 Å². The lowest BCUT2D eigenvalue weighted by Gasteiger charge is -2.28. The van der Waals surface area contributed by atoms with Crippen LogP contribution in [0.2, 0.25) is 0 Å². The first-order valence-corrected chi connectivity index (χ1v) is 13.0. The van der Waals surface area contributed by atoms with E-state index in [4.69, 9.17) is 9.97 Å². The number of aromatic nitrogens is 2. The van der Waals surface area contributed by atoms with Crippen LogP contribution in [0.3, 0.4) is 0 Å². The minimum absolute atomic E-state index is 0.327. The topological polar surface area (TPSA) is 25.8 Å². The normalized spacial score (nSPS) is 17.6. The molecule has 0 saturated carbocycles. The highest BCUT2D eigenvalue weighted by Crippen LogP contribution is 2.62. The largest absolute Gasteiger partial charge is 0.252 e. The third-order valence-electron chi connectivity index (χ3n) is 7.99. The van der Waals surface area contributed by atoms with E-state index < -0.39 is 0 Å². The van der Waals surface area contributed by atoms with Gasteiger partial charge in [-0.1, -0.05) is 97.9 Å². The van der Waals surface area contributed by atoms with Crippen LogP contribution in [0, 0.1) is 0 Å². The number of aryl methyl sites for hydroxylation is 1. The number of nitrogens with zero attached hydrogens (tertiary/aromatic N) is 2. The first kappa shape index (κ1) is 21.3. The van der Waals surface area contributed by atoms with Gasteiger partial charge in [0.2, 0.25) is 0 Å². The van der Waals surface area contributed by atoms with Crippen LogP contribution in [0.1, 0.15) is 65.6 Å². The molecular weight excluding hydrogens is 436 g/mol. The zero-order chi connectivity index (χ0) is 24.2. The standard InChI is InChI=1S/C34H28N2/c1-3-13-23-27(4-2)35-33(21-14-7-5-8-15-21)31-26-20-25(29(23)31)32-30(26)24-18-11-12-19-28(24)36-34(32)22-16-9-6-10-17-22/h3,5-19,25-26H,4,20H2,1-2H3/b13-3-. The first-order chi connectivity index (χ1) is 17.8. The SMILES string of the molecule is C/C=C\c1c(CC)nc(-c2ccccc2)c2c1C1CC2c2c1c(-c1ccccc1)nc1ccccc21. The summed E-state index contributed by atoms with van der Waals surface area (Å²) >= 11 is 0. The molecule has 7 rings (SSSR count). The predicted octanol–water partition coefficient (Wildman–Crippen LogP) is 8.54. The van der Waals surface area contributed by atoms with Gasteiger partial charge >= 0.3 is 0 Å². The lowest BCUT2D eigenvalue weighted by Crippen LogP contribution is -2.13. The van der Waals surface area contributed by atoms with Gasteiger partial charge in [-0.3, -0.25) is 4.98 Å². The van der Waals surface area contributed by atoms with Crippen molar-refractivity contribution < 1.29 is 0 Å². The quantitative estimate of drug-likeness (QED) is 0.266. The molecule has 2 atom stereocenters. The summed E-state index contributed by atoms with van der Waals surface area (Å²) in [5, 5.41) is 1.29. The second-order valence-electron chi connectivity index (χ2n) is 9.88. The van der Waals surface area contributed by atoms with Crippen LogP contribution < -0.4 is 0 Å². The number of rotatable bonds is 4. The van der Waals surface area contributed by atoms with E-state index in [1.54, 1.807) is 0 Å². The summed E-state index contributed by atoms with van der Waals surface area (Å²) in [5.41, 5.74) is 14.1. The zero-order valence-corrected chi connectivity index (χ0v) is 20.7. The van der Waals surface area contributed by atoms with E-state index in [1.165, 1.54) is 50.0 Å². The summed E-state index contributed by atoms with van der Waals surface area (Å²) in [6, 6.07) is 30.2. The molecule has 2 unspecified atom stereocenters. The maximum absolute atomic E-state index is 5.34. The van der Waals surface area contributed by atoms with E-state index >= 15 is 0 Å². The van der Waals surface area contributed by atoms with Gasteiger partial charge in [-0.25, -0.2) is 4.98 Å². The van der Waals surface area contributed by atoms with Gasteiger partial charge in [0.05, 0.1) is 16.9 Å². The van der Waals surface area contributed by atoms with Crippen LogP contribution in [0.15, 0.2) is 91.0 Å². The Bertz CT molecular complexity index is 1650. The third kappa shape index (κ3) is 2.97. The number of hydrogen-bond donors (Lipinski definition) is 0. The molecule has 0 fully saturated rings.